The number of rotatable bonds is 6. The number of sulfonamides is 1. The Morgan fingerprint density at radius 1 is 1.33 bits per heavy atom. The lowest BCUT2D eigenvalue weighted by Gasteiger charge is -2.32. The molecule has 0 bridgehead atoms. The van der Waals surface area contributed by atoms with E-state index in [0.717, 1.165) is 0 Å². The van der Waals surface area contributed by atoms with Crippen LogP contribution in [0.2, 0.25) is 0 Å². The van der Waals surface area contributed by atoms with E-state index in [-0.39, 0.29) is 24.4 Å². The summed E-state index contributed by atoms with van der Waals surface area (Å²) in [4.78, 5) is 12.5. The zero-order valence-corrected chi connectivity index (χ0v) is 15.4. The van der Waals surface area contributed by atoms with Crippen LogP contribution in [0.5, 0.6) is 0 Å². The Labute approximate surface area is 157 Å². The van der Waals surface area contributed by atoms with Gasteiger partial charge in [-0.3, -0.25) is 4.79 Å². The molecule has 27 heavy (non-hydrogen) atoms. The van der Waals surface area contributed by atoms with Gasteiger partial charge in [-0.2, -0.15) is 17.5 Å². The number of hydrogen-bond donors (Lipinski definition) is 1. The van der Waals surface area contributed by atoms with Crippen molar-refractivity contribution in [3.63, 3.8) is 0 Å². The van der Waals surface area contributed by atoms with Crippen LogP contribution in [-0.4, -0.2) is 43.9 Å². The third kappa shape index (κ3) is 5.97. The van der Waals surface area contributed by atoms with E-state index in [0.29, 0.717) is 12.8 Å². The minimum Gasteiger partial charge on any atom is -0.352 e. The normalized spacial score (nSPS) is 19.9. The van der Waals surface area contributed by atoms with Crippen molar-refractivity contribution in [1.82, 2.24) is 9.62 Å². The fourth-order valence-electron chi connectivity index (χ4n) is 3.03. The Hall–Kier alpha value is -2.05. The molecule has 1 N–H and O–H groups in total. The van der Waals surface area contributed by atoms with Crippen molar-refractivity contribution >= 4 is 15.9 Å². The summed E-state index contributed by atoms with van der Waals surface area (Å²) in [5.74, 6) is 0.811. The van der Waals surface area contributed by atoms with Crippen LogP contribution in [-0.2, 0) is 14.8 Å². The molecule has 0 radical (unpaired) electrons. The smallest absolute Gasteiger partial charge is 0.352 e. The second-order valence-electron chi connectivity index (χ2n) is 6.45. The second-order valence-corrected chi connectivity index (χ2v) is 8.39. The van der Waals surface area contributed by atoms with Crippen LogP contribution in [0.15, 0.2) is 35.2 Å². The molecule has 1 amide bonds. The molecule has 0 spiro atoms. The van der Waals surface area contributed by atoms with Crippen molar-refractivity contribution in [3.05, 3.63) is 30.3 Å². The summed E-state index contributed by atoms with van der Waals surface area (Å²) in [6.07, 6.45) is 0.0208. The van der Waals surface area contributed by atoms with Crippen LogP contribution in [0.25, 0.3) is 0 Å². The summed E-state index contributed by atoms with van der Waals surface area (Å²) < 4.78 is 64.4. The fraction of sp³-hybridized carbons (Fsp3) is 0.500. The highest BCUT2D eigenvalue weighted by atomic mass is 32.2. The van der Waals surface area contributed by atoms with Crippen molar-refractivity contribution in [2.75, 3.05) is 13.1 Å². The number of terminal acetylenes is 1. The van der Waals surface area contributed by atoms with Crippen LogP contribution in [0.1, 0.15) is 25.7 Å². The van der Waals surface area contributed by atoms with E-state index in [2.05, 4.69) is 11.2 Å². The maximum atomic E-state index is 12.7. The molecule has 1 fully saturated rings. The molecule has 1 aliphatic heterocycles. The van der Waals surface area contributed by atoms with Gasteiger partial charge in [-0.15, -0.1) is 12.3 Å². The summed E-state index contributed by atoms with van der Waals surface area (Å²) in [6.45, 7) is 0.190. The standard InChI is InChI=1S/C18H21F3N2O3S/c1-2-7-15(12-18(19,20)21)22-17(24)14-8-6-11-23(13-14)27(25,26)16-9-4-3-5-10-16/h1,3-5,9-10,14-15H,6-8,11-13H2,(H,22,24)/t14-,15-/m1/s1. The van der Waals surface area contributed by atoms with Crippen molar-refractivity contribution < 1.29 is 26.4 Å². The lowest BCUT2D eigenvalue weighted by molar-refractivity contribution is -0.143. The number of alkyl halides is 3. The number of benzene rings is 1. The summed E-state index contributed by atoms with van der Waals surface area (Å²) in [6, 6.07) is 6.60. The maximum absolute atomic E-state index is 12.7. The predicted molar refractivity (Wildman–Crippen MR) is 94.0 cm³/mol. The number of piperidine rings is 1. The molecule has 9 heteroatoms. The Morgan fingerprint density at radius 3 is 2.59 bits per heavy atom. The largest absolute Gasteiger partial charge is 0.391 e. The van der Waals surface area contributed by atoms with Crippen LogP contribution in [0, 0.1) is 18.3 Å². The van der Waals surface area contributed by atoms with E-state index >= 15 is 0 Å². The first-order chi connectivity index (χ1) is 12.6. The summed E-state index contributed by atoms with van der Waals surface area (Å²) >= 11 is 0. The number of hydrogen-bond acceptors (Lipinski definition) is 3. The van der Waals surface area contributed by atoms with Gasteiger partial charge in [0.1, 0.15) is 0 Å². The van der Waals surface area contributed by atoms with Crippen molar-refractivity contribution in [3.8, 4) is 12.3 Å². The highest BCUT2D eigenvalue weighted by Gasteiger charge is 2.36. The summed E-state index contributed by atoms with van der Waals surface area (Å²) in [5.41, 5.74) is 0. The molecule has 2 rings (SSSR count). The SMILES string of the molecule is C#CC[C@H](CC(F)(F)F)NC(=O)[C@@H]1CCCN(S(=O)(=O)c2ccccc2)C1. The average Bonchev–Trinajstić information content (AvgIpc) is 2.61. The lowest BCUT2D eigenvalue weighted by Crippen LogP contribution is -2.48. The number of carbonyl (C=O) groups is 1. The van der Waals surface area contributed by atoms with Gasteiger partial charge >= 0.3 is 6.18 Å². The monoisotopic (exact) mass is 402 g/mol. The molecule has 0 aromatic heterocycles. The Morgan fingerprint density at radius 2 is 2.00 bits per heavy atom. The molecule has 148 valence electrons. The van der Waals surface area contributed by atoms with Crippen LogP contribution >= 0.6 is 0 Å². The Balaban J connectivity index is 2.06. The molecule has 5 nitrogen and oxygen atoms in total. The van der Waals surface area contributed by atoms with Gasteiger partial charge in [-0.05, 0) is 25.0 Å². The zero-order chi connectivity index (χ0) is 20.1. The van der Waals surface area contributed by atoms with Gasteiger partial charge in [0.2, 0.25) is 15.9 Å². The Bertz CT molecular complexity index is 788. The van der Waals surface area contributed by atoms with E-state index in [1.165, 1.54) is 16.4 Å². The van der Waals surface area contributed by atoms with Gasteiger partial charge in [-0.25, -0.2) is 8.42 Å². The molecule has 1 aromatic rings. The molecule has 1 aromatic carbocycles. The quantitative estimate of drug-likeness (QED) is 0.744. The fourth-order valence-corrected chi connectivity index (χ4v) is 4.58. The third-order valence-corrected chi connectivity index (χ3v) is 6.20. The van der Waals surface area contributed by atoms with Crippen LogP contribution in [0.4, 0.5) is 13.2 Å². The minimum absolute atomic E-state index is 0.0716. The number of carbonyl (C=O) groups excluding carboxylic acids is 1. The van der Waals surface area contributed by atoms with Crippen molar-refractivity contribution in [2.45, 2.75) is 42.8 Å². The molecule has 0 aliphatic carbocycles. The number of amides is 1. The average molecular weight is 402 g/mol. The lowest BCUT2D eigenvalue weighted by atomic mass is 9.98. The van der Waals surface area contributed by atoms with E-state index in [9.17, 15) is 26.4 Å². The molecule has 1 aliphatic rings. The van der Waals surface area contributed by atoms with Crippen molar-refractivity contribution in [1.29, 1.82) is 0 Å². The van der Waals surface area contributed by atoms with E-state index in [1.807, 2.05) is 0 Å². The zero-order valence-electron chi connectivity index (χ0n) is 14.6. The summed E-state index contributed by atoms with van der Waals surface area (Å²) in [7, 11) is -3.75. The van der Waals surface area contributed by atoms with E-state index < -0.39 is 40.5 Å². The maximum Gasteiger partial charge on any atom is 0.391 e. The number of nitrogens with one attached hydrogen (secondary N) is 1. The van der Waals surface area contributed by atoms with Gasteiger partial charge < -0.3 is 5.32 Å². The Kier molecular flexibility index (Phi) is 6.89. The third-order valence-electron chi connectivity index (χ3n) is 4.32. The predicted octanol–water partition coefficient (Wildman–Crippen LogP) is 2.55. The molecule has 2 atom stereocenters. The van der Waals surface area contributed by atoms with Gasteiger partial charge in [0.25, 0.3) is 0 Å². The molecule has 1 saturated heterocycles. The minimum atomic E-state index is -4.45. The highest BCUT2D eigenvalue weighted by Crippen LogP contribution is 2.26. The van der Waals surface area contributed by atoms with Crippen molar-refractivity contribution in [2.24, 2.45) is 5.92 Å². The van der Waals surface area contributed by atoms with Gasteiger partial charge in [0.05, 0.1) is 17.2 Å². The molecule has 0 unspecified atom stereocenters. The van der Waals surface area contributed by atoms with Crippen LogP contribution < -0.4 is 5.32 Å². The van der Waals surface area contributed by atoms with E-state index in [4.69, 9.17) is 6.42 Å². The van der Waals surface area contributed by atoms with Gasteiger partial charge in [0, 0.05) is 25.6 Å². The number of halogens is 3. The second kappa shape index (κ2) is 8.76. The van der Waals surface area contributed by atoms with Gasteiger partial charge in [-0.1, -0.05) is 18.2 Å². The first kappa shape index (κ1) is 21.3. The van der Waals surface area contributed by atoms with Gasteiger partial charge in [0.15, 0.2) is 0 Å². The molecular formula is C18H21F3N2O3S. The molecule has 1 heterocycles. The van der Waals surface area contributed by atoms with E-state index in [1.54, 1.807) is 18.2 Å². The number of nitrogens with zero attached hydrogens (tertiary/aromatic N) is 1. The first-order valence-corrected chi connectivity index (χ1v) is 9.93. The molecule has 0 saturated carbocycles. The molecular weight excluding hydrogens is 381 g/mol. The first-order valence-electron chi connectivity index (χ1n) is 8.49. The highest BCUT2D eigenvalue weighted by molar-refractivity contribution is 7.89. The van der Waals surface area contributed by atoms with Crippen LogP contribution in [0.3, 0.4) is 0 Å². The summed E-state index contributed by atoms with van der Waals surface area (Å²) in [5, 5.41) is 2.33. The topological polar surface area (TPSA) is 66.5 Å².